The molecular formula is C128H90N6. The zero-order valence-electron chi connectivity index (χ0n) is 73.6. The average Bonchev–Trinajstić information content (AvgIpc) is 1.59. The number of aromatic nitrogens is 2. The number of fused-ring (bicyclic) bond motifs is 8. The number of hydrogen-bond donors (Lipinski definition) is 0. The van der Waals surface area contributed by atoms with Crippen LogP contribution in [0.4, 0.5) is 68.2 Å². The Balaban J connectivity index is 0.000000156. The monoisotopic (exact) mass is 1710 g/mol. The van der Waals surface area contributed by atoms with Crippen molar-refractivity contribution < 1.29 is 0 Å². The summed E-state index contributed by atoms with van der Waals surface area (Å²) >= 11 is 0. The standard InChI is InChI=1S/C72H51N3.C56H39N3/c1-5-15-52(16-6-1)56-25-36-62(37-26-56)73(63-38-27-57(28-39-63)53-17-7-2-8-18-53)66-44-33-60(34-45-66)61-35-50-72-70(51-61)69-23-13-14-24-71(69)75(72)68-48-46-67(47-49-68)74(64-40-29-58(30-41-64)54-19-9-3-10-20-54)65-42-31-59(32-43-65)55-21-11-4-12-22-55;1-3-19-44(20-4-1)57(53-27-13-17-41-15-7-9-23-49(41)53)46-32-29-40(30-33-46)43-31-38-56-52(39-43)51-25-11-12-26-55(51)59(56)48-36-34-47(35-37-48)58(45-21-5-2-6-22-45)54-28-14-18-42-16-8-10-24-50(42)54/h1-51H;1-39H. The molecule has 0 amide bonds. The van der Waals surface area contributed by atoms with E-state index in [2.05, 4.69) is 575 Å². The van der Waals surface area contributed by atoms with Crippen LogP contribution in [-0.4, -0.2) is 9.13 Å². The van der Waals surface area contributed by atoms with Gasteiger partial charge in [0.1, 0.15) is 0 Å². The van der Waals surface area contributed by atoms with E-state index >= 15 is 0 Å². The summed E-state index contributed by atoms with van der Waals surface area (Å²) in [6.45, 7) is 0. The molecule has 24 aromatic rings. The third kappa shape index (κ3) is 15.8. The van der Waals surface area contributed by atoms with E-state index in [0.29, 0.717) is 0 Å². The first-order valence-electron chi connectivity index (χ1n) is 45.8. The molecule has 0 saturated heterocycles. The van der Waals surface area contributed by atoms with Crippen molar-refractivity contribution in [2.45, 2.75) is 0 Å². The van der Waals surface area contributed by atoms with Crippen LogP contribution in [0.25, 0.3) is 143 Å². The van der Waals surface area contributed by atoms with E-state index in [-0.39, 0.29) is 0 Å². The van der Waals surface area contributed by atoms with Crippen LogP contribution in [0.3, 0.4) is 0 Å². The Morgan fingerprint density at radius 1 is 0.119 bits per heavy atom. The molecule has 0 atom stereocenters. The molecule has 22 aromatic carbocycles. The van der Waals surface area contributed by atoms with Crippen LogP contribution >= 0.6 is 0 Å². The molecule has 24 rings (SSSR count). The molecule has 0 bridgehead atoms. The van der Waals surface area contributed by atoms with Gasteiger partial charge in [-0.1, -0.05) is 352 Å². The van der Waals surface area contributed by atoms with Crippen molar-refractivity contribution in [3.63, 3.8) is 0 Å². The van der Waals surface area contributed by atoms with Gasteiger partial charge in [-0.25, -0.2) is 0 Å². The Bertz CT molecular complexity index is 8080. The predicted octanol–water partition coefficient (Wildman–Crippen LogP) is 35.8. The van der Waals surface area contributed by atoms with E-state index in [9.17, 15) is 0 Å². The maximum absolute atomic E-state index is 2.40. The van der Waals surface area contributed by atoms with E-state index in [1.54, 1.807) is 0 Å². The number of anilines is 12. The van der Waals surface area contributed by atoms with Gasteiger partial charge in [-0.05, 0) is 272 Å². The second kappa shape index (κ2) is 36.0. The van der Waals surface area contributed by atoms with Gasteiger partial charge in [-0.2, -0.15) is 0 Å². The van der Waals surface area contributed by atoms with E-state index in [4.69, 9.17) is 0 Å². The zero-order chi connectivity index (χ0) is 89.0. The minimum Gasteiger partial charge on any atom is -0.311 e. The van der Waals surface area contributed by atoms with Gasteiger partial charge < -0.3 is 28.7 Å². The summed E-state index contributed by atoms with van der Waals surface area (Å²) < 4.78 is 4.80. The number of nitrogens with zero attached hydrogens (tertiary/aromatic N) is 6. The lowest BCUT2D eigenvalue weighted by molar-refractivity contribution is 1.17. The molecule has 6 heteroatoms. The van der Waals surface area contributed by atoms with Crippen LogP contribution in [0, 0.1) is 0 Å². The predicted molar refractivity (Wildman–Crippen MR) is 568 cm³/mol. The molecule has 0 aliphatic heterocycles. The fourth-order valence-electron chi connectivity index (χ4n) is 19.4. The van der Waals surface area contributed by atoms with Crippen molar-refractivity contribution in [2.24, 2.45) is 0 Å². The second-order valence-corrected chi connectivity index (χ2v) is 34.0. The van der Waals surface area contributed by atoms with Gasteiger partial charge in [0.2, 0.25) is 0 Å². The van der Waals surface area contributed by atoms with E-state index in [1.165, 1.54) is 126 Å². The first-order valence-corrected chi connectivity index (χ1v) is 45.8. The van der Waals surface area contributed by atoms with Crippen molar-refractivity contribution in [3.05, 3.63) is 546 Å². The molecule has 0 aliphatic carbocycles. The summed E-state index contributed by atoms with van der Waals surface area (Å²) in [7, 11) is 0. The van der Waals surface area contributed by atoms with Crippen LogP contribution in [0.5, 0.6) is 0 Å². The highest BCUT2D eigenvalue weighted by Gasteiger charge is 2.24. The number of hydrogen-bond acceptors (Lipinski definition) is 4. The van der Waals surface area contributed by atoms with Crippen LogP contribution in [-0.2, 0) is 0 Å². The molecular weight excluding hydrogens is 1620 g/mol. The summed E-state index contributed by atoms with van der Waals surface area (Å²) in [4.78, 5) is 9.41. The van der Waals surface area contributed by atoms with Gasteiger partial charge in [-0.15, -0.1) is 0 Å². The van der Waals surface area contributed by atoms with Gasteiger partial charge in [0.15, 0.2) is 0 Å². The maximum atomic E-state index is 2.40. The third-order valence-corrected chi connectivity index (χ3v) is 26.0. The average molecular weight is 1710 g/mol. The number of rotatable bonds is 20. The molecule has 0 unspecified atom stereocenters. The molecule has 632 valence electrons. The highest BCUT2D eigenvalue weighted by Crippen LogP contribution is 2.47. The lowest BCUT2D eigenvalue weighted by atomic mass is 10.0. The molecule has 134 heavy (non-hydrogen) atoms. The fraction of sp³-hybridized carbons (Fsp3) is 0. The Morgan fingerprint density at radius 3 is 0.619 bits per heavy atom. The molecule has 2 heterocycles. The summed E-state index contributed by atoms with van der Waals surface area (Å²) in [5.74, 6) is 0. The molecule has 0 aliphatic rings. The highest BCUT2D eigenvalue weighted by atomic mass is 15.2. The van der Waals surface area contributed by atoms with Crippen molar-refractivity contribution >= 4 is 133 Å². The Labute approximate surface area is 780 Å². The van der Waals surface area contributed by atoms with Crippen LogP contribution in [0.15, 0.2) is 546 Å². The SMILES string of the molecule is c1ccc(-c2ccc(N(c3ccc(-c4ccccc4)cc3)c3ccc(-c4ccc5c(c4)c4ccccc4n5-c4ccc(N(c5ccc(-c6ccccc6)cc5)c5ccc(-c6ccccc6)cc5)cc4)cc3)cc2)cc1.c1ccc(N(c2ccc(-c3ccc4c(c3)c3ccccc3n4-c3ccc(N(c4ccccc4)c4cccc5ccccc45)cc3)cc2)c2cccc3ccccc23)cc1. The normalized spacial score (nSPS) is 11.3. The Kier molecular flexibility index (Phi) is 21.7. The van der Waals surface area contributed by atoms with Crippen molar-refractivity contribution in [2.75, 3.05) is 19.6 Å². The first-order chi connectivity index (χ1) is 66.5. The second-order valence-electron chi connectivity index (χ2n) is 34.0. The van der Waals surface area contributed by atoms with Crippen molar-refractivity contribution in [1.29, 1.82) is 0 Å². The number of benzene rings is 22. The van der Waals surface area contributed by atoms with Gasteiger partial charge in [-0.3, -0.25) is 0 Å². The topological polar surface area (TPSA) is 22.8 Å². The minimum absolute atomic E-state index is 1.08. The summed E-state index contributed by atoms with van der Waals surface area (Å²) in [5.41, 5.74) is 34.5. The summed E-state index contributed by atoms with van der Waals surface area (Å²) in [5, 5.41) is 9.78. The van der Waals surface area contributed by atoms with Gasteiger partial charge in [0.25, 0.3) is 0 Å². The molecule has 0 fully saturated rings. The van der Waals surface area contributed by atoms with Gasteiger partial charge in [0.05, 0.1) is 33.4 Å². The van der Waals surface area contributed by atoms with Crippen LogP contribution < -0.4 is 19.6 Å². The molecule has 0 N–H and O–H groups in total. The largest absolute Gasteiger partial charge is 0.311 e. The Hall–Kier alpha value is -17.8. The van der Waals surface area contributed by atoms with E-state index < -0.39 is 0 Å². The van der Waals surface area contributed by atoms with E-state index in [1.807, 2.05) is 0 Å². The molecule has 0 spiro atoms. The fourth-order valence-corrected chi connectivity index (χ4v) is 19.4. The maximum Gasteiger partial charge on any atom is 0.0541 e. The smallest absolute Gasteiger partial charge is 0.0541 e. The van der Waals surface area contributed by atoms with E-state index in [0.717, 1.165) is 85.2 Å². The Morgan fingerprint density at radius 2 is 0.321 bits per heavy atom. The molecule has 6 nitrogen and oxygen atoms in total. The third-order valence-electron chi connectivity index (χ3n) is 26.0. The first kappa shape index (κ1) is 80.7. The van der Waals surface area contributed by atoms with Crippen molar-refractivity contribution in [1.82, 2.24) is 9.13 Å². The quantitative estimate of drug-likeness (QED) is 0.0758. The number of para-hydroxylation sites is 4. The lowest BCUT2D eigenvalue weighted by Gasteiger charge is -2.27. The van der Waals surface area contributed by atoms with Crippen LogP contribution in [0.1, 0.15) is 0 Å². The van der Waals surface area contributed by atoms with Gasteiger partial charge >= 0.3 is 0 Å². The summed E-state index contributed by atoms with van der Waals surface area (Å²) in [6.07, 6.45) is 0. The zero-order valence-corrected chi connectivity index (χ0v) is 73.6. The molecule has 0 radical (unpaired) electrons. The highest BCUT2D eigenvalue weighted by molar-refractivity contribution is 6.12. The lowest BCUT2D eigenvalue weighted by Crippen LogP contribution is -2.10. The van der Waals surface area contributed by atoms with Crippen LogP contribution in [0.2, 0.25) is 0 Å². The minimum atomic E-state index is 1.08. The molecule has 0 saturated carbocycles. The van der Waals surface area contributed by atoms with Crippen molar-refractivity contribution in [3.8, 4) is 78.1 Å². The summed E-state index contributed by atoms with van der Waals surface area (Å²) in [6, 6.07) is 197. The van der Waals surface area contributed by atoms with Gasteiger partial charge in [0, 0.05) is 101 Å². The molecule has 2 aromatic heterocycles.